The lowest BCUT2D eigenvalue weighted by Crippen LogP contribution is -2.30. The molecule has 0 saturated carbocycles. The van der Waals surface area contributed by atoms with E-state index in [4.69, 9.17) is 5.11 Å². The van der Waals surface area contributed by atoms with Gasteiger partial charge in [0.2, 0.25) is 0 Å². The molecular weight excluding hydrogens is 204 g/mol. The minimum absolute atomic E-state index is 0.113. The van der Waals surface area contributed by atoms with Crippen molar-refractivity contribution in [3.63, 3.8) is 0 Å². The Labute approximate surface area is 96.9 Å². The minimum atomic E-state index is 0.113. The van der Waals surface area contributed by atoms with E-state index in [0.717, 1.165) is 24.6 Å². The molecule has 0 aromatic carbocycles. The van der Waals surface area contributed by atoms with E-state index in [0.29, 0.717) is 6.54 Å². The van der Waals surface area contributed by atoms with Crippen molar-refractivity contribution < 1.29 is 5.11 Å². The third-order valence-electron chi connectivity index (χ3n) is 2.86. The molecule has 0 aliphatic carbocycles. The Morgan fingerprint density at radius 2 is 2.06 bits per heavy atom. The molecule has 1 aromatic rings. The first-order valence-corrected chi connectivity index (χ1v) is 5.63. The van der Waals surface area contributed by atoms with Gasteiger partial charge in [0.1, 0.15) is 11.6 Å². The van der Waals surface area contributed by atoms with Crippen molar-refractivity contribution in [2.24, 2.45) is 12.5 Å². The van der Waals surface area contributed by atoms with Crippen LogP contribution in [0, 0.1) is 12.3 Å². The summed E-state index contributed by atoms with van der Waals surface area (Å²) in [6.45, 7) is 8.02. The fourth-order valence-electron chi connectivity index (χ4n) is 1.51. The number of nitrogens with zero attached hydrogens (tertiary/aromatic N) is 3. The van der Waals surface area contributed by atoms with Crippen molar-refractivity contribution in [3.8, 4) is 0 Å². The van der Waals surface area contributed by atoms with E-state index in [-0.39, 0.29) is 12.0 Å². The predicted molar refractivity (Wildman–Crippen MR) is 62.9 cm³/mol. The summed E-state index contributed by atoms with van der Waals surface area (Å²) in [6.07, 6.45) is 0.803. The molecule has 5 heteroatoms. The van der Waals surface area contributed by atoms with Gasteiger partial charge in [-0.2, -0.15) is 0 Å². The largest absolute Gasteiger partial charge is 0.396 e. The highest BCUT2D eigenvalue weighted by molar-refractivity contribution is 4.92. The molecule has 0 saturated heterocycles. The highest BCUT2D eigenvalue weighted by Crippen LogP contribution is 2.17. The zero-order valence-corrected chi connectivity index (χ0v) is 10.6. The van der Waals surface area contributed by atoms with Gasteiger partial charge in [0.05, 0.1) is 6.54 Å². The Balaban J connectivity index is 2.38. The summed E-state index contributed by atoms with van der Waals surface area (Å²) < 4.78 is 1.98. The van der Waals surface area contributed by atoms with Gasteiger partial charge in [0, 0.05) is 20.2 Å². The number of aromatic nitrogens is 3. The first kappa shape index (κ1) is 13.1. The highest BCUT2D eigenvalue weighted by Gasteiger charge is 2.16. The average Bonchev–Trinajstić information content (AvgIpc) is 2.49. The van der Waals surface area contributed by atoms with Crippen LogP contribution in [0.15, 0.2) is 0 Å². The number of nitrogens with one attached hydrogen (secondary N) is 1. The minimum Gasteiger partial charge on any atom is -0.396 e. The van der Waals surface area contributed by atoms with Crippen molar-refractivity contribution in [2.45, 2.75) is 33.7 Å². The Bertz CT molecular complexity index is 333. The van der Waals surface area contributed by atoms with E-state index in [1.165, 1.54) is 0 Å². The van der Waals surface area contributed by atoms with E-state index in [2.05, 4.69) is 29.4 Å². The third kappa shape index (κ3) is 3.57. The summed E-state index contributed by atoms with van der Waals surface area (Å²) in [5, 5.41) is 20.3. The molecule has 0 radical (unpaired) electrons. The van der Waals surface area contributed by atoms with Crippen LogP contribution in [0.5, 0.6) is 0 Å². The molecule has 0 aliphatic rings. The molecule has 16 heavy (non-hydrogen) atoms. The molecule has 1 heterocycles. The zero-order chi connectivity index (χ0) is 12.2. The molecular formula is C11H22N4O. The van der Waals surface area contributed by atoms with Crippen LogP contribution < -0.4 is 5.32 Å². The first-order chi connectivity index (χ1) is 7.46. The van der Waals surface area contributed by atoms with Gasteiger partial charge in [-0.3, -0.25) is 0 Å². The SMILES string of the molecule is Cc1nnc(CNCC(C)(C)CCO)n1C. The summed E-state index contributed by atoms with van der Waals surface area (Å²) in [7, 11) is 1.96. The molecule has 2 N–H and O–H groups in total. The van der Waals surface area contributed by atoms with Crippen LogP contribution >= 0.6 is 0 Å². The van der Waals surface area contributed by atoms with E-state index in [9.17, 15) is 0 Å². The van der Waals surface area contributed by atoms with E-state index >= 15 is 0 Å². The summed E-state index contributed by atoms with van der Waals surface area (Å²) in [4.78, 5) is 0. The molecule has 92 valence electrons. The Morgan fingerprint density at radius 3 is 2.56 bits per heavy atom. The maximum atomic E-state index is 8.91. The normalized spacial score (nSPS) is 12.1. The average molecular weight is 226 g/mol. The van der Waals surface area contributed by atoms with Crippen molar-refractivity contribution in [1.82, 2.24) is 20.1 Å². The Morgan fingerprint density at radius 1 is 1.38 bits per heavy atom. The molecule has 1 rings (SSSR count). The lowest BCUT2D eigenvalue weighted by Gasteiger charge is -2.23. The van der Waals surface area contributed by atoms with Gasteiger partial charge < -0.3 is 15.0 Å². The van der Waals surface area contributed by atoms with Gasteiger partial charge in [-0.25, -0.2) is 0 Å². The number of aryl methyl sites for hydroxylation is 1. The van der Waals surface area contributed by atoms with Gasteiger partial charge in [-0.1, -0.05) is 13.8 Å². The van der Waals surface area contributed by atoms with Crippen molar-refractivity contribution in [3.05, 3.63) is 11.6 Å². The van der Waals surface area contributed by atoms with Crippen LogP contribution in [0.2, 0.25) is 0 Å². The van der Waals surface area contributed by atoms with Gasteiger partial charge >= 0.3 is 0 Å². The van der Waals surface area contributed by atoms with Crippen LogP contribution in [0.25, 0.3) is 0 Å². The molecule has 5 nitrogen and oxygen atoms in total. The number of hydrogen-bond donors (Lipinski definition) is 2. The number of hydrogen-bond acceptors (Lipinski definition) is 4. The second-order valence-corrected chi connectivity index (χ2v) is 4.96. The Kier molecular flexibility index (Phi) is 4.44. The van der Waals surface area contributed by atoms with Gasteiger partial charge in [0.25, 0.3) is 0 Å². The highest BCUT2D eigenvalue weighted by atomic mass is 16.3. The Hall–Kier alpha value is -0.940. The van der Waals surface area contributed by atoms with E-state index in [1.54, 1.807) is 0 Å². The smallest absolute Gasteiger partial charge is 0.146 e. The van der Waals surface area contributed by atoms with Crippen LogP contribution in [0.3, 0.4) is 0 Å². The third-order valence-corrected chi connectivity index (χ3v) is 2.86. The molecule has 0 atom stereocenters. The van der Waals surface area contributed by atoms with Crippen molar-refractivity contribution in [2.75, 3.05) is 13.2 Å². The maximum absolute atomic E-state index is 8.91. The van der Waals surface area contributed by atoms with Crippen LogP contribution in [-0.4, -0.2) is 33.0 Å². The van der Waals surface area contributed by atoms with Crippen molar-refractivity contribution >= 4 is 0 Å². The van der Waals surface area contributed by atoms with Crippen LogP contribution in [0.4, 0.5) is 0 Å². The van der Waals surface area contributed by atoms with Crippen molar-refractivity contribution in [1.29, 1.82) is 0 Å². The second kappa shape index (κ2) is 5.41. The summed E-state index contributed by atoms with van der Waals surface area (Å²) >= 11 is 0. The zero-order valence-electron chi connectivity index (χ0n) is 10.6. The molecule has 1 aromatic heterocycles. The molecule has 0 bridgehead atoms. The predicted octanol–water partition coefficient (Wildman–Crippen LogP) is 0.622. The summed E-state index contributed by atoms with van der Waals surface area (Å²) in [5.41, 5.74) is 0.113. The van der Waals surface area contributed by atoms with E-state index < -0.39 is 0 Å². The summed E-state index contributed by atoms with van der Waals surface area (Å²) in [6, 6.07) is 0. The first-order valence-electron chi connectivity index (χ1n) is 5.63. The second-order valence-electron chi connectivity index (χ2n) is 4.96. The quantitative estimate of drug-likeness (QED) is 0.746. The topological polar surface area (TPSA) is 63.0 Å². The van der Waals surface area contributed by atoms with Gasteiger partial charge in [-0.05, 0) is 18.8 Å². The lowest BCUT2D eigenvalue weighted by atomic mass is 9.90. The molecule has 0 spiro atoms. The fourth-order valence-corrected chi connectivity index (χ4v) is 1.51. The van der Waals surface area contributed by atoms with Crippen LogP contribution in [-0.2, 0) is 13.6 Å². The molecule has 0 amide bonds. The summed E-state index contributed by atoms with van der Waals surface area (Å²) in [5.74, 6) is 1.86. The van der Waals surface area contributed by atoms with Gasteiger partial charge in [0.15, 0.2) is 0 Å². The lowest BCUT2D eigenvalue weighted by molar-refractivity contribution is 0.206. The maximum Gasteiger partial charge on any atom is 0.146 e. The number of aliphatic hydroxyl groups excluding tert-OH is 1. The molecule has 0 fully saturated rings. The van der Waals surface area contributed by atoms with Crippen LogP contribution in [0.1, 0.15) is 31.9 Å². The molecule has 0 aliphatic heterocycles. The van der Waals surface area contributed by atoms with E-state index in [1.807, 2.05) is 18.5 Å². The monoisotopic (exact) mass is 226 g/mol. The standard InChI is InChI=1S/C11H22N4O/c1-9-13-14-10(15(9)4)7-12-8-11(2,3)5-6-16/h12,16H,5-8H2,1-4H3. The molecule has 0 unspecified atom stereocenters. The number of rotatable bonds is 6. The number of aliphatic hydroxyl groups is 1. The fraction of sp³-hybridized carbons (Fsp3) is 0.818. The van der Waals surface area contributed by atoms with Gasteiger partial charge in [-0.15, -0.1) is 10.2 Å².